The van der Waals surface area contributed by atoms with Crippen molar-refractivity contribution < 1.29 is 0 Å². The van der Waals surface area contributed by atoms with Gasteiger partial charge in [-0.3, -0.25) is 0 Å². The molecule has 1 fully saturated rings. The molecule has 23 heavy (non-hydrogen) atoms. The van der Waals surface area contributed by atoms with E-state index < -0.39 is 0 Å². The van der Waals surface area contributed by atoms with E-state index >= 15 is 0 Å². The fourth-order valence-electron chi connectivity index (χ4n) is 2.79. The van der Waals surface area contributed by atoms with E-state index in [0.717, 1.165) is 21.7 Å². The van der Waals surface area contributed by atoms with Gasteiger partial charge in [-0.1, -0.05) is 37.5 Å². The third kappa shape index (κ3) is 4.82. The normalized spacial score (nSPS) is 14.9. The van der Waals surface area contributed by atoms with E-state index in [1.807, 2.05) is 37.3 Å². The zero-order valence-electron chi connectivity index (χ0n) is 13.2. The van der Waals surface area contributed by atoms with Crippen molar-refractivity contribution in [2.24, 2.45) is 0 Å². The van der Waals surface area contributed by atoms with Crippen LogP contribution in [0.2, 0.25) is 0 Å². The number of halogens is 2. The number of nitrogens with zero attached hydrogens (tertiary/aromatic N) is 2. The summed E-state index contributed by atoms with van der Waals surface area (Å²) >= 11 is 3.58. The van der Waals surface area contributed by atoms with E-state index in [4.69, 9.17) is 0 Å². The number of benzene rings is 1. The molecule has 0 spiro atoms. The van der Waals surface area contributed by atoms with E-state index in [9.17, 15) is 0 Å². The largest absolute Gasteiger partial charge is 0.351 e. The number of aryl methyl sites for hydroxylation is 1. The molecule has 4 nitrogen and oxygen atoms in total. The number of anilines is 3. The van der Waals surface area contributed by atoms with Crippen LogP contribution in [0.15, 0.2) is 34.8 Å². The van der Waals surface area contributed by atoms with E-state index in [-0.39, 0.29) is 12.4 Å². The second-order valence-corrected chi connectivity index (χ2v) is 6.56. The fraction of sp³-hybridized carbons (Fsp3) is 0.412. The summed E-state index contributed by atoms with van der Waals surface area (Å²) < 4.78 is 0.908. The summed E-state index contributed by atoms with van der Waals surface area (Å²) in [5.41, 5.74) is 1.96. The summed E-state index contributed by atoms with van der Waals surface area (Å²) in [6.45, 7) is 1.99. The summed E-state index contributed by atoms with van der Waals surface area (Å²) in [6.07, 6.45) is 6.35. The molecule has 0 amide bonds. The third-order valence-corrected chi connectivity index (χ3v) is 4.94. The first-order valence-electron chi connectivity index (χ1n) is 7.85. The Hall–Kier alpha value is -1.33. The third-order valence-electron chi connectivity index (χ3n) is 3.99. The molecule has 0 unspecified atom stereocenters. The highest BCUT2D eigenvalue weighted by molar-refractivity contribution is 9.10. The summed E-state index contributed by atoms with van der Waals surface area (Å²) in [5, 5.41) is 6.84. The van der Waals surface area contributed by atoms with Crippen molar-refractivity contribution in [1.29, 1.82) is 0 Å². The molecule has 1 aliphatic carbocycles. The molecule has 6 heteroatoms. The second-order valence-electron chi connectivity index (χ2n) is 5.77. The number of rotatable bonds is 4. The Bertz CT molecular complexity index is 630. The van der Waals surface area contributed by atoms with Gasteiger partial charge in [-0.05, 0) is 47.8 Å². The van der Waals surface area contributed by atoms with Gasteiger partial charge in [0.05, 0.1) is 10.2 Å². The lowest BCUT2D eigenvalue weighted by Crippen LogP contribution is -2.23. The second kappa shape index (κ2) is 8.50. The lowest BCUT2D eigenvalue weighted by Gasteiger charge is -2.23. The van der Waals surface area contributed by atoms with Crippen molar-refractivity contribution in [2.75, 3.05) is 10.6 Å². The van der Waals surface area contributed by atoms with Crippen LogP contribution in [-0.4, -0.2) is 16.0 Å². The monoisotopic (exact) mass is 396 g/mol. The minimum atomic E-state index is 0. The Labute approximate surface area is 152 Å². The topological polar surface area (TPSA) is 49.8 Å². The van der Waals surface area contributed by atoms with Crippen LogP contribution in [-0.2, 0) is 0 Å². The van der Waals surface area contributed by atoms with Crippen molar-refractivity contribution in [3.05, 3.63) is 40.5 Å². The van der Waals surface area contributed by atoms with Crippen molar-refractivity contribution in [3.8, 4) is 0 Å². The Kier molecular flexibility index (Phi) is 6.66. The van der Waals surface area contributed by atoms with Crippen LogP contribution >= 0.6 is 28.3 Å². The highest BCUT2D eigenvalue weighted by Gasteiger charge is 2.16. The predicted octanol–water partition coefficient (Wildman–Crippen LogP) is 5.46. The molecule has 2 aromatic rings. The lowest BCUT2D eigenvalue weighted by atomic mass is 9.96. The molecule has 0 bridgehead atoms. The Balaban J connectivity index is 0.00000192. The molecule has 1 heterocycles. The number of aromatic nitrogens is 2. The van der Waals surface area contributed by atoms with E-state index in [2.05, 4.69) is 36.5 Å². The Morgan fingerprint density at radius 2 is 1.74 bits per heavy atom. The first kappa shape index (κ1) is 18.0. The SMILES string of the molecule is Cc1nc(NC2CCCCC2)nc(Nc2ccccc2)c1Br.Cl. The smallest absolute Gasteiger partial charge is 0.225 e. The molecular weight excluding hydrogens is 376 g/mol. The zero-order chi connectivity index (χ0) is 15.4. The van der Waals surface area contributed by atoms with Crippen LogP contribution in [0.4, 0.5) is 17.5 Å². The van der Waals surface area contributed by atoms with E-state index in [1.165, 1.54) is 32.1 Å². The average Bonchev–Trinajstić information content (AvgIpc) is 2.54. The Morgan fingerprint density at radius 3 is 2.43 bits per heavy atom. The molecule has 1 aliphatic rings. The molecular formula is C17H22BrClN4. The molecule has 1 aromatic carbocycles. The minimum absolute atomic E-state index is 0. The zero-order valence-corrected chi connectivity index (χ0v) is 15.6. The number of nitrogens with one attached hydrogen (secondary N) is 2. The molecule has 0 aliphatic heterocycles. The van der Waals surface area contributed by atoms with Crippen LogP contribution < -0.4 is 10.6 Å². The molecule has 124 valence electrons. The number of hydrogen-bond donors (Lipinski definition) is 2. The first-order chi connectivity index (χ1) is 10.7. The predicted molar refractivity (Wildman–Crippen MR) is 102 cm³/mol. The molecule has 0 saturated heterocycles. The molecule has 3 rings (SSSR count). The van der Waals surface area contributed by atoms with Gasteiger partial charge in [-0.25, -0.2) is 4.98 Å². The maximum absolute atomic E-state index is 4.64. The summed E-state index contributed by atoms with van der Waals surface area (Å²) in [7, 11) is 0. The van der Waals surface area contributed by atoms with Gasteiger partial charge in [0.2, 0.25) is 5.95 Å². The minimum Gasteiger partial charge on any atom is -0.351 e. The summed E-state index contributed by atoms with van der Waals surface area (Å²) in [6, 6.07) is 10.6. The Morgan fingerprint density at radius 1 is 1.04 bits per heavy atom. The number of para-hydroxylation sites is 1. The van der Waals surface area contributed by atoms with Crippen LogP contribution in [0.5, 0.6) is 0 Å². The van der Waals surface area contributed by atoms with Crippen molar-refractivity contribution in [2.45, 2.75) is 45.1 Å². The standard InChI is InChI=1S/C17H21BrN4.ClH/c1-12-15(18)16(20-13-8-4-2-5-9-13)22-17(19-12)21-14-10-6-3-7-11-14;/h2,4-5,8-9,14H,3,6-7,10-11H2,1H3,(H2,19,20,21,22);1H. The van der Waals surface area contributed by atoms with Crippen LogP contribution in [0.3, 0.4) is 0 Å². The number of hydrogen-bond acceptors (Lipinski definition) is 4. The maximum atomic E-state index is 4.64. The van der Waals surface area contributed by atoms with Gasteiger partial charge < -0.3 is 10.6 Å². The quantitative estimate of drug-likeness (QED) is 0.719. The van der Waals surface area contributed by atoms with Crippen LogP contribution in [0.25, 0.3) is 0 Å². The molecule has 1 saturated carbocycles. The van der Waals surface area contributed by atoms with Gasteiger partial charge in [0, 0.05) is 11.7 Å². The van der Waals surface area contributed by atoms with Crippen molar-refractivity contribution in [3.63, 3.8) is 0 Å². The van der Waals surface area contributed by atoms with Gasteiger partial charge in [0.25, 0.3) is 0 Å². The maximum Gasteiger partial charge on any atom is 0.225 e. The van der Waals surface area contributed by atoms with Gasteiger partial charge in [0.1, 0.15) is 0 Å². The van der Waals surface area contributed by atoms with Crippen molar-refractivity contribution >= 4 is 45.8 Å². The lowest BCUT2D eigenvalue weighted by molar-refractivity contribution is 0.461. The van der Waals surface area contributed by atoms with E-state index in [1.54, 1.807) is 0 Å². The molecule has 1 aromatic heterocycles. The first-order valence-corrected chi connectivity index (χ1v) is 8.64. The fourth-order valence-corrected chi connectivity index (χ4v) is 3.07. The van der Waals surface area contributed by atoms with Gasteiger partial charge in [-0.2, -0.15) is 4.98 Å². The molecule has 0 radical (unpaired) electrons. The van der Waals surface area contributed by atoms with Crippen LogP contribution in [0, 0.1) is 6.92 Å². The highest BCUT2D eigenvalue weighted by Crippen LogP contribution is 2.28. The van der Waals surface area contributed by atoms with E-state index in [0.29, 0.717) is 12.0 Å². The molecule has 2 N–H and O–H groups in total. The summed E-state index contributed by atoms with van der Waals surface area (Å²) in [4.78, 5) is 9.20. The van der Waals surface area contributed by atoms with Crippen molar-refractivity contribution in [1.82, 2.24) is 9.97 Å². The molecule has 0 atom stereocenters. The highest BCUT2D eigenvalue weighted by atomic mass is 79.9. The van der Waals surface area contributed by atoms with Gasteiger partial charge in [-0.15, -0.1) is 12.4 Å². The average molecular weight is 398 g/mol. The van der Waals surface area contributed by atoms with Gasteiger partial charge in [0.15, 0.2) is 5.82 Å². The van der Waals surface area contributed by atoms with Gasteiger partial charge >= 0.3 is 0 Å². The van der Waals surface area contributed by atoms with Crippen LogP contribution in [0.1, 0.15) is 37.8 Å². The summed E-state index contributed by atoms with van der Waals surface area (Å²) in [5.74, 6) is 1.52.